The zero-order chi connectivity index (χ0) is 14.7. The standard InChI is InChI=1S/C15H10BrN5/c16-10-5-7-11(8-6-10)20-21-14(9-17)15-18-12-3-1-2-4-13(12)19-15/h1-8,20H,(H,18,19)/b21-14-. The zero-order valence-electron chi connectivity index (χ0n) is 10.8. The minimum atomic E-state index is 0.203. The molecule has 0 amide bonds. The fourth-order valence-corrected chi connectivity index (χ4v) is 2.11. The number of fused-ring (bicyclic) bond motifs is 1. The van der Waals surface area contributed by atoms with E-state index in [1.54, 1.807) is 0 Å². The Kier molecular flexibility index (Phi) is 3.67. The predicted octanol–water partition coefficient (Wildman–Crippen LogP) is 3.67. The van der Waals surface area contributed by atoms with Gasteiger partial charge in [0.2, 0.25) is 5.71 Å². The number of hydrogen-bond acceptors (Lipinski definition) is 4. The number of rotatable bonds is 3. The van der Waals surface area contributed by atoms with E-state index in [0.717, 1.165) is 21.2 Å². The summed E-state index contributed by atoms with van der Waals surface area (Å²) in [5.41, 5.74) is 5.53. The first-order valence-corrected chi connectivity index (χ1v) is 7.00. The van der Waals surface area contributed by atoms with Gasteiger partial charge in [0.05, 0.1) is 16.7 Å². The topological polar surface area (TPSA) is 76.9 Å². The molecule has 0 bridgehead atoms. The lowest BCUT2D eigenvalue weighted by molar-refractivity contribution is 1.25. The van der Waals surface area contributed by atoms with Gasteiger partial charge in [-0.3, -0.25) is 5.43 Å². The average molecular weight is 340 g/mol. The molecule has 0 saturated carbocycles. The fraction of sp³-hybridized carbons (Fsp3) is 0. The second-order valence-electron chi connectivity index (χ2n) is 4.29. The first kappa shape index (κ1) is 13.3. The lowest BCUT2D eigenvalue weighted by atomic mass is 10.3. The van der Waals surface area contributed by atoms with E-state index in [4.69, 9.17) is 0 Å². The Morgan fingerprint density at radius 3 is 2.67 bits per heavy atom. The summed E-state index contributed by atoms with van der Waals surface area (Å²) in [6.07, 6.45) is 0. The Morgan fingerprint density at radius 2 is 1.95 bits per heavy atom. The van der Waals surface area contributed by atoms with Crippen molar-refractivity contribution in [2.75, 3.05) is 5.43 Å². The van der Waals surface area contributed by atoms with Crippen molar-refractivity contribution in [1.82, 2.24) is 9.97 Å². The van der Waals surface area contributed by atoms with Crippen LogP contribution in [0.1, 0.15) is 5.82 Å². The number of aromatic amines is 1. The summed E-state index contributed by atoms with van der Waals surface area (Å²) in [7, 11) is 0. The van der Waals surface area contributed by atoms with Gasteiger partial charge in [-0.1, -0.05) is 28.1 Å². The number of H-pyrrole nitrogens is 1. The van der Waals surface area contributed by atoms with Crippen molar-refractivity contribution < 1.29 is 0 Å². The SMILES string of the molecule is N#C/C(=N/Nc1ccc(Br)cc1)c1nc2ccccc2[nH]1. The number of benzene rings is 2. The van der Waals surface area contributed by atoms with Crippen LogP contribution in [0.15, 0.2) is 58.1 Å². The van der Waals surface area contributed by atoms with Crippen LogP contribution in [-0.4, -0.2) is 15.7 Å². The van der Waals surface area contributed by atoms with E-state index in [1.165, 1.54) is 0 Å². The van der Waals surface area contributed by atoms with Gasteiger partial charge < -0.3 is 4.98 Å². The molecule has 2 aromatic carbocycles. The van der Waals surface area contributed by atoms with E-state index in [0.29, 0.717) is 5.82 Å². The molecule has 0 aliphatic carbocycles. The molecule has 5 nitrogen and oxygen atoms in total. The maximum atomic E-state index is 9.24. The Labute approximate surface area is 129 Å². The lowest BCUT2D eigenvalue weighted by Crippen LogP contribution is -2.03. The number of nitrogens with zero attached hydrogens (tertiary/aromatic N) is 3. The molecule has 0 saturated heterocycles. The normalized spacial score (nSPS) is 11.3. The molecule has 3 rings (SSSR count). The fourth-order valence-electron chi connectivity index (χ4n) is 1.84. The van der Waals surface area contributed by atoms with Crippen LogP contribution in [0, 0.1) is 11.3 Å². The van der Waals surface area contributed by atoms with Crippen LogP contribution in [0.3, 0.4) is 0 Å². The Morgan fingerprint density at radius 1 is 1.19 bits per heavy atom. The van der Waals surface area contributed by atoms with Crippen LogP contribution < -0.4 is 5.43 Å². The van der Waals surface area contributed by atoms with Crippen LogP contribution in [0.4, 0.5) is 5.69 Å². The molecule has 21 heavy (non-hydrogen) atoms. The monoisotopic (exact) mass is 339 g/mol. The number of halogens is 1. The van der Waals surface area contributed by atoms with Gasteiger partial charge >= 0.3 is 0 Å². The molecule has 0 atom stereocenters. The van der Waals surface area contributed by atoms with Gasteiger partial charge in [-0.25, -0.2) is 4.98 Å². The average Bonchev–Trinajstić information content (AvgIpc) is 2.93. The van der Waals surface area contributed by atoms with Crippen molar-refractivity contribution in [3.8, 4) is 6.07 Å². The van der Waals surface area contributed by atoms with Crippen molar-refractivity contribution in [3.63, 3.8) is 0 Å². The second-order valence-corrected chi connectivity index (χ2v) is 5.21. The van der Waals surface area contributed by atoms with Gasteiger partial charge in [0.25, 0.3) is 0 Å². The molecule has 3 aromatic rings. The summed E-state index contributed by atoms with van der Waals surface area (Å²) in [4.78, 5) is 7.43. The molecule has 2 N–H and O–H groups in total. The van der Waals surface area contributed by atoms with Crippen molar-refractivity contribution in [3.05, 3.63) is 58.8 Å². The second kappa shape index (κ2) is 5.77. The van der Waals surface area contributed by atoms with E-state index >= 15 is 0 Å². The highest BCUT2D eigenvalue weighted by Crippen LogP contribution is 2.15. The number of hydrogen-bond donors (Lipinski definition) is 2. The molecule has 0 aliphatic rings. The number of hydrazone groups is 1. The van der Waals surface area contributed by atoms with Crippen molar-refractivity contribution in [2.45, 2.75) is 0 Å². The molecule has 0 fully saturated rings. The Bertz CT molecular complexity index is 809. The third kappa shape index (κ3) is 2.93. The molecule has 0 radical (unpaired) electrons. The van der Waals surface area contributed by atoms with Gasteiger partial charge in [0.1, 0.15) is 6.07 Å². The van der Waals surface area contributed by atoms with Crippen LogP contribution in [0.25, 0.3) is 11.0 Å². The third-order valence-electron chi connectivity index (χ3n) is 2.86. The molecule has 0 aliphatic heterocycles. The molecular weight excluding hydrogens is 330 g/mol. The smallest absolute Gasteiger partial charge is 0.203 e. The lowest BCUT2D eigenvalue weighted by Gasteiger charge is -2.00. The maximum absolute atomic E-state index is 9.24. The van der Waals surface area contributed by atoms with E-state index in [9.17, 15) is 5.26 Å². The molecule has 1 aromatic heterocycles. The summed E-state index contributed by atoms with van der Waals surface area (Å²) in [5.74, 6) is 0.448. The minimum Gasteiger partial charge on any atom is -0.336 e. The van der Waals surface area contributed by atoms with E-state index in [-0.39, 0.29) is 5.71 Å². The summed E-state index contributed by atoms with van der Waals surface area (Å²) in [6.45, 7) is 0. The minimum absolute atomic E-state index is 0.203. The highest BCUT2D eigenvalue weighted by Gasteiger charge is 2.08. The van der Waals surface area contributed by atoms with Crippen molar-refractivity contribution in [2.24, 2.45) is 5.10 Å². The van der Waals surface area contributed by atoms with Crippen LogP contribution in [0.5, 0.6) is 0 Å². The van der Waals surface area contributed by atoms with Gasteiger partial charge in [0, 0.05) is 4.47 Å². The van der Waals surface area contributed by atoms with Gasteiger partial charge in [-0.15, -0.1) is 0 Å². The first-order valence-electron chi connectivity index (χ1n) is 6.21. The summed E-state index contributed by atoms with van der Waals surface area (Å²) >= 11 is 3.36. The van der Waals surface area contributed by atoms with Gasteiger partial charge in [-0.2, -0.15) is 10.4 Å². The molecule has 6 heteroatoms. The van der Waals surface area contributed by atoms with Gasteiger partial charge in [0.15, 0.2) is 5.82 Å². The number of nitriles is 1. The number of anilines is 1. The quantitative estimate of drug-likeness (QED) is 0.564. The molecule has 1 heterocycles. The van der Waals surface area contributed by atoms with E-state index in [2.05, 4.69) is 36.4 Å². The highest BCUT2D eigenvalue weighted by atomic mass is 79.9. The van der Waals surface area contributed by atoms with Crippen molar-refractivity contribution in [1.29, 1.82) is 5.26 Å². The molecular formula is C15H10BrN5. The van der Waals surface area contributed by atoms with Crippen molar-refractivity contribution >= 4 is 38.4 Å². The van der Waals surface area contributed by atoms with Crippen LogP contribution in [0.2, 0.25) is 0 Å². The molecule has 0 unspecified atom stereocenters. The number of para-hydroxylation sites is 2. The summed E-state index contributed by atoms with van der Waals surface area (Å²) in [5, 5.41) is 13.3. The Balaban J connectivity index is 1.89. The first-order chi connectivity index (χ1) is 10.3. The summed E-state index contributed by atoms with van der Waals surface area (Å²) < 4.78 is 0.981. The summed E-state index contributed by atoms with van der Waals surface area (Å²) in [6, 6.07) is 17.2. The molecule has 0 spiro atoms. The molecule has 102 valence electrons. The number of aromatic nitrogens is 2. The highest BCUT2D eigenvalue weighted by molar-refractivity contribution is 9.10. The van der Waals surface area contributed by atoms with Gasteiger partial charge in [-0.05, 0) is 36.4 Å². The van der Waals surface area contributed by atoms with Crippen LogP contribution in [-0.2, 0) is 0 Å². The zero-order valence-corrected chi connectivity index (χ0v) is 12.4. The number of imidazole rings is 1. The third-order valence-corrected chi connectivity index (χ3v) is 3.39. The maximum Gasteiger partial charge on any atom is 0.203 e. The Hall–Kier alpha value is -2.65. The van der Waals surface area contributed by atoms with Crippen LogP contribution >= 0.6 is 15.9 Å². The van der Waals surface area contributed by atoms with E-state index < -0.39 is 0 Å². The largest absolute Gasteiger partial charge is 0.336 e. The predicted molar refractivity (Wildman–Crippen MR) is 86.0 cm³/mol. The van der Waals surface area contributed by atoms with E-state index in [1.807, 2.05) is 54.6 Å². The number of nitrogens with one attached hydrogen (secondary N) is 2.